The van der Waals surface area contributed by atoms with Crippen LogP contribution in [0.1, 0.15) is 24.0 Å². The molecule has 0 aliphatic carbocycles. The third-order valence-corrected chi connectivity index (χ3v) is 5.32. The van der Waals surface area contributed by atoms with Gasteiger partial charge in [0, 0.05) is 26.2 Å². The minimum absolute atomic E-state index is 0.0153. The van der Waals surface area contributed by atoms with E-state index in [0.29, 0.717) is 44.5 Å². The van der Waals surface area contributed by atoms with E-state index in [-0.39, 0.29) is 11.7 Å². The number of rotatable bonds is 7. The van der Waals surface area contributed by atoms with Crippen LogP contribution in [0, 0.1) is 5.82 Å². The molecule has 0 bridgehead atoms. The summed E-state index contributed by atoms with van der Waals surface area (Å²) in [6.45, 7) is 2.71. The standard InChI is InChI=1S/C22H27FN2O3/c1-28-20-7-5-17(6-8-20)15-21(26)24-11-14-25-12-9-22(27,10-13-25)18-3-2-4-19(23)16-18/h2-8,16,27H,9-15H2,1H3,(H,24,26). The van der Waals surface area contributed by atoms with Crippen molar-refractivity contribution in [3.05, 3.63) is 65.5 Å². The van der Waals surface area contributed by atoms with E-state index in [1.807, 2.05) is 24.3 Å². The van der Waals surface area contributed by atoms with Crippen LogP contribution in [0.25, 0.3) is 0 Å². The number of hydrogen-bond donors (Lipinski definition) is 2. The first-order valence-corrected chi connectivity index (χ1v) is 9.59. The Morgan fingerprint density at radius 2 is 1.93 bits per heavy atom. The molecule has 1 heterocycles. The van der Waals surface area contributed by atoms with Crippen LogP contribution in [0.4, 0.5) is 4.39 Å². The Bertz CT molecular complexity index is 787. The molecule has 28 heavy (non-hydrogen) atoms. The van der Waals surface area contributed by atoms with Gasteiger partial charge in [0.15, 0.2) is 0 Å². The minimum atomic E-state index is -0.976. The lowest BCUT2D eigenvalue weighted by atomic mass is 9.84. The molecule has 1 amide bonds. The minimum Gasteiger partial charge on any atom is -0.497 e. The van der Waals surface area contributed by atoms with E-state index >= 15 is 0 Å². The van der Waals surface area contributed by atoms with Crippen LogP contribution < -0.4 is 10.1 Å². The maximum absolute atomic E-state index is 13.4. The Balaban J connectivity index is 1.39. The summed E-state index contributed by atoms with van der Waals surface area (Å²) in [5.41, 5.74) is 0.604. The van der Waals surface area contributed by atoms with Crippen LogP contribution in [0.5, 0.6) is 5.75 Å². The van der Waals surface area contributed by atoms with E-state index in [9.17, 15) is 14.3 Å². The Kier molecular flexibility index (Phi) is 6.65. The van der Waals surface area contributed by atoms with Crippen molar-refractivity contribution in [2.24, 2.45) is 0 Å². The molecule has 1 saturated heterocycles. The number of carbonyl (C=O) groups is 1. The number of halogens is 1. The molecule has 1 fully saturated rings. The van der Waals surface area contributed by atoms with Gasteiger partial charge in [-0.1, -0.05) is 24.3 Å². The predicted octanol–water partition coefficient (Wildman–Crippen LogP) is 2.48. The lowest BCUT2D eigenvalue weighted by Gasteiger charge is -2.38. The first-order chi connectivity index (χ1) is 13.5. The van der Waals surface area contributed by atoms with Crippen LogP contribution in [0.2, 0.25) is 0 Å². The van der Waals surface area contributed by atoms with Gasteiger partial charge in [0.05, 0.1) is 19.1 Å². The molecule has 6 heteroatoms. The molecular weight excluding hydrogens is 359 g/mol. The lowest BCUT2D eigenvalue weighted by Crippen LogP contribution is -2.45. The molecule has 0 atom stereocenters. The molecule has 2 N–H and O–H groups in total. The molecule has 0 radical (unpaired) electrons. The summed E-state index contributed by atoms with van der Waals surface area (Å²) in [7, 11) is 1.61. The zero-order valence-corrected chi connectivity index (χ0v) is 16.2. The van der Waals surface area contributed by atoms with Crippen LogP contribution >= 0.6 is 0 Å². The number of aliphatic hydroxyl groups is 1. The van der Waals surface area contributed by atoms with E-state index in [1.54, 1.807) is 19.2 Å². The number of hydrogen-bond acceptors (Lipinski definition) is 4. The SMILES string of the molecule is COc1ccc(CC(=O)NCCN2CCC(O)(c3cccc(F)c3)CC2)cc1. The third kappa shape index (κ3) is 5.30. The molecular formula is C22H27FN2O3. The van der Waals surface area contributed by atoms with Gasteiger partial charge >= 0.3 is 0 Å². The van der Waals surface area contributed by atoms with Crippen LogP contribution in [0.3, 0.4) is 0 Å². The smallest absolute Gasteiger partial charge is 0.224 e. The second-order valence-electron chi connectivity index (χ2n) is 7.26. The van der Waals surface area contributed by atoms with Gasteiger partial charge in [-0.3, -0.25) is 4.79 Å². The van der Waals surface area contributed by atoms with Gasteiger partial charge < -0.3 is 20.1 Å². The normalized spacial score (nSPS) is 16.5. The average molecular weight is 386 g/mol. The summed E-state index contributed by atoms with van der Waals surface area (Å²) in [4.78, 5) is 14.3. The van der Waals surface area contributed by atoms with Crippen molar-refractivity contribution in [1.82, 2.24) is 10.2 Å². The summed E-state index contributed by atoms with van der Waals surface area (Å²) in [6.07, 6.45) is 1.44. The number of piperidine rings is 1. The number of benzene rings is 2. The number of likely N-dealkylation sites (tertiary alicyclic amines) is 1. The van der Waals surface area contributed by atoms with Crippen molar-refractivity contribution < 1.29 is 19.0 Å². The van der Waals surface area contributed by atoms with E-state index in [0.717, 1.165) is 17.9 Å². The van der Waals surface area contributed by atoms with Gasteiger partial charge in [-0.25, -0.2) is 4.39 Å². The van der Waals surface area contributed by atoms with Crippen molar-refractivity contribution in [3.63, 3.8) is 0 Å². The Morgan fingerprint density at radius 1 is 1.21 bits per heavy atom. The highest BCUT2D eigenvalue weighted by molar-refractivity contribution is 5.78. The maximum Gasteiger partial charge on any atom is 0.224 e. The average Bonchev–Trinajstić information content (AvgIpc) is 2.70. The molecule has 1 aliphatic heterocycles. The molecule has 2 aromatic carbocycles. The highest BCUT2D eigenvalue weighted by atomic mass is 19.1. The van der Waals surface area contributed by atoms with Gasteiger partial charge in [0.25, 0.3) is 0 Å². The fourth-order valence-electron chi connectivity index (χ4n) is 3.56. The number of ether oxygens (including phenoxy) is 1. The van der Waals surface area contributed by atoms with Crippen LogP contribution in [0.15, 0.2) is 48.5 Å². The van der Waals surface area contributed by atoms with Crippen molar-refractivity contribution in [2.45, 2.75) is 24.9 Å². The number of amides is 1. The van der Waals surface area contributed by atoms with E-state index < -0.39 is 5.60 Å². The number of methoxy groups -OCH3 is 1. The molecule has 0 unspecified atom stereocenters. The lowest BCUT2D eigenvalue weighted by molar-refractivity contribution is -0.120. The predicted molar refractivity (Wildman–Crippen MR) is 106 cm³/mol. The van der Waals surface area contributed by atoms with E-state index in [2.05, 4.69) is 10.2 Å². The molecule has 5 nitrogen and oxygen atoms in total. The zero-order valence-electron chi connectivity index (χ0n) is 16.2. The van der Waals surface area contributed by atoms with Gasteiger partial charge in [-0.2, -0.15) is 0 Å². The molecule has 2 aromatic rings. The molecule has 1 aliphatic rings. The van der Waals surface area contributed by atoms with Gasteiger partial charge in [0.1, 0.15) is 11.6 Å². The van der Waals surface area contributed by atoms with Crippen molar-refractivity contribution >= 4 is 5.91 Å². The highest BCUT2D eigenvalue weighted by Crippen LogP contribution is 2.32. The fourth-order valence-corrected chi connectivity index (χ4v) is 3.56. The summed E-state index contributed by atoms with van der Waals surface area (Å²) < 4.78 is 18.5. The first-order valence-electron chi connectivity index (χ1n) is 9.59. The second-order valence-corrected chi connectivity index (χ2v) is 7.26. The van der Waals surface area contributed by atoms with Crippen molar-refractivity contribution in [1.29, 1.82) is 0 Å². The summed E-state index contributed by atoms with van der Waals surface area (Å²) in [5, 5.41) is 13.8. The zero-order chi connectivity index (χ0) is 20.0. The van der Waals surface area contributed by atoms with Gasteiger partial charge in [-0.15, -0.1) is 0 Å². The Hall–Kier alpha value is -2.44. The van der Waals surface area contributed by atoms with Crippen LogP contribution in [-0.4, -0.2) is 49.2 Å². The van der Waals surface area contributed by atoms with Gasteiger partial charge in [0.2, 0.25) is 5.91 Å². The Morgan fingerprint density at radius 3 is 2.57 bits per heavy atom. The molecule has 0 spiro atoms. The van der Waals surface area contributed by atoms with E-state index in [4.69, 9.17) is 4.74 Å². The topological polar surface area (TPSA) is 61.8 Å². The van der Waals surface area contributed by atoms with Crippen molar-refractivity contribution in [2.75, 3.05) is 33.3 Å². The second kappa shape index (κ2) is 9.17. The summed E-state index contributed by atoms with van der Waals surface area (Å²) in [5.74, 6) is 0.429. The fraction of sp³-hybridized carbons (Fsp3) is 0.409. The van der Waals surface area contributed by atoms with E-state index in [1.165, 1.54) is 12.1 Å². The third-order valence-electron chi connectivity index (χ3n) is 5.32. The molecule has 3 rings (SSSR count). The summed E-state index contributed by atoms with van der Waals surface area (Å²) in [6, 6.07) is 13.7. The van der Waals surface area contributed by atoms with Crippen LogP contribution in [-0.2, 0) is 16.8 Å². The number of nitrogens with one attached hydrogen (secondary N) is 1. The first kappa shape index (κ1) is 20.3. The molecule has 0 saturated carbocycles. The van der Waals surface area contributed by atoms with Crippen molar-refractivity contribution in [3.8, 4) is 5.75 Å². The number of nitrogens with zero attached hydrogens (tertiary/aromatic N) is 1. The summed E-state index contributed by atoms with van der Waals surface area (Å²) >= 11 is 0. The monoisotopic (exact) mass is 386 g/mol. The Labute approximate surface area is 165 Å². The quantitative estimate of drug-likeness (QED) is 0.768. The van der Waals surface area contributed by atoms with Gasteiger partial charge in [-0.05, 0) is 48.2 Å². The highest BCUT2D eigenvalue weighted by Gasteiger charge is 2.33. The molecule has 150 valence electrons. The molecule has 0 aromatic heterocycles. The number of carbonyl (C=O) groups excluding carboxylic acids is 1. The largest absolute Gasteiger partial charge is 0.497 e. The maximum atomic E-state index is 13.4.